The molecule has 2 heterocycles. The summed E-state index contributed by atoms with van der Waals surface area (Å²) in [6, 6.07) is 5.88. The number of hydrogen-bond acceptors (Lipinski definition) is 4. The highest BCUT2D eigenvalue weighted by Gasteiger charge is 2.23. The highest BCUT2D eigenvalue weighted by molar-refractivity contribution is 5.91. The molecule has 108 valence electrons. The van der Waals surface area contributed by atoms with Crippen molar-refractivity contribution in [2.45, 2.75) is 25.3 Å². The van der Waals surface area contributed by atoms with Crippen LogP contribution in [-0.2, 0) is 4.79 Å². The molecule has 0 radical (unpaired) electrons. The van der Waals surface area contributed by atoms with Gasteiger partial charge in [-0.1, -0.05) is 0 Å². The van der Waals surface area contributed by atoms with E-state index in [9.17, 15) is 4.79 Å². The van der Waals surface area contributed by atoms with Gasteiger partial charge in [0.2, 0.25) is 5.91 Å². The van der Waals surface area contributed by atoms with Gasteiger partial charge in [-0.15, -0.1) is 0 Å². The lowest BCUT2D eigenvalue weighted by atomic mass is 10.1. The largest absolute Gasteiger partial charge is 0.486 e. The molecule has 5 nitrogen and oxygen atoms in total. The van der Waals surface area contributed by atoms with Crippen LogP contribution in [0.5, 0.6) is 11.5 Å². The van der Waals surface area contributed by atoms with Gasteiger partial charge in [-0.05, 0) is 38.6 Å². The van der Waals surface area contributed by atoms with Crippen LogP contribution < -0.4 is 14.8 Å². The van der Waals surface area contributed by atoms with Crippen molar-refractivity contribution in [1.29, 1.82) is 0 Å². The maximum atomic E-state index is 12.1. The lowest BCUT2D eigenvalue weighted by Crippen LogP contribution is -2.29. The van der Waals surface area contributed by atoms with Gasteiger partial charge in [0.05, 0.1) is 0 Å². The third-order valence-electron chi connectivity index (χ3n) is 3.92. The first-order valence-corrected chi connectivity index (χ1v) is 7.12. The first-order chi connectivity index (χ1) is 9.72. The molecule has 20 heavy (non-hydrogen) atoms. The van der Waals surface area contributed by atoms with Crippen LogP contribution in [0.15, 0.2) is 18.2 Å². The smallest absolute Gasteiger partial charge is 0.225 e. The molecule has 2 aliphatic rings. The van der Waals surface area contributed by atoms with Crippen LogP contribution in [0.4, 0.5) is 5.69 Å². The summed E-state index contributed by atoms with van der Waals surface area (Å²) in [5, 5.41) is 2.94. The number of carbonyl (C=O) groups excluding carboxylic acids is 1. The average Bonchev–Trinajstić information content (AvgIpc) is 2.84. The second-order valence-corrected chi connectivity index (χ2v) is 5.39. The Morgan fingerprint density at radius 2 is 2.15 bits per heavy atom. The molecule has 0 aromatic heterocycles. The molecule has 0 saturated carbocycles. The number of hydrogen-bond donors (Lipinski definition) is 1. The summed E-state index contributed by atoms with van der Waals surface area (Å²) in [7, 11) is 2.08. The van der Waals surface area contributed by atoms with Gasteiger partial charge in [0.25, 0.3) is 0 Å². The number of nitrogens with one attached hydrogen (secondary N) is 1. The van der Waals surface area contributed by atoms with Crippen LogP contribution in [-0.4, -0.2) is 43.7 Å². The first-order valence-electron chi connectivity index (χ1n) is 7.12. The standard InChI is InChI=1S/C15H20N2O3/c1-17-6-2-3-12(17)10-15(18)16-11-4-5-13-14(9-11)20-8-7-19-13/h4-5,9,12H,2-3,6-8,10H2,1H3,(H,16,18). The Morgan fingerprint density at radius 1 is 1.35 bits per heavy atom. The number of nitrogens with zero attached hydrogens (tertiary/aromatic N) is 1. The van der Waals surface area contributed by atoms with Gasteiger partial charge >= 0.3 is 0 Å². The summed E-state index contributed by atoms with van der Waals surface area (Å²) in [6.07, 6.45) is 2.83. The second-order valence-electron chi connectivity index (χ2n) is 5.39. The van der Waals surface area contributed by atoms with Gasteiger partial charge in [-0.2, -0.15) is 0 Å². The topological polar surface area (TPSA) is 50.8 Å². The molecule has 1 atom stereocenters. The zero-order valence-electron chi connectivity index (χ0n) is 11.7. The molecule has 1 aromatic carbocycles. The molecule has 1 N–H and O–H groups in total. The van der Waals surface area contributed by atoms with E-state index < -0.39 is 0 Å². The average molecular weight is 276 g/mol. The molecule has 1 unspecified atom stereocenters. The number of carbonyl (C=O) groups is 1. The summed E-state index contributed by atoms with van der Waals surface area (Å²) in [5.74, 6) is 1.50. The van der Waals surface area contributed by atoms with E-state index in [0.717, 1.165) is 24.4 Å². The molecule has 1 fully saturated rings. The Morgan fingerprint density at radius 3 is 2.90 bits per heavy atom. The van der Waals surface area contributed by atoms with Crippen molar-refractivity contribution in [2.75, 3.05) is 32.1 Å². The first kappa shape index (κ1) is 13.2. The van der Waals surface area contributed by atoms with Crippen LogP contribution in [0.3, 0.4) is 0 Å². The highest BCUT2D eigenvalue weighted by atomic mass is 16.6. The lowest BCUT2D eigenvalue weighted by molar-refractivity contribution is -0.117. The fraction of sp³-hybridized carbons (Fsp3) is 0.533. The van der Waals surface area contributed by atoms with E-state index in [-0.39, 0.29) is 5.91 Å². The van der Waals surface area contributed by atoms with Crippen molar-refractivity contribution in [1.82, 2.24) is 4.90 Å². The van der Waals surface area contributed by atoms with Crippen molar-refractivity contribution >= 4 is 11.6 Å². The van der Waals surface area contributed by atoms with Crippen molar-refractivity contribution in [3.05, 3.63) is 18.2 Å². The van der Waals surface area contributed by atoms with E-state index in [2.05, 4.69) is 17.3 Å². The monoisotopic (exact) mass is 276 g/mol. The summed E-state index contributed by atoms with van der Waals surface area (Å²) in [6.45, 7) is 2.21. The van der Waals surface area contributed by atoms with Crippen LogP contribution >= 0.6 is 0 Å². The normalized spacial score (nSPS) is 21.8. The number of ether oxygens (including phenoxy) is 2. The summed E-state index contributed by atoms with van der Waals surface area (Å²) in [4.78, 5) is 14.3. The summed E-state index contributed by atoms with van der Waals surface area (Å²) >= 11 is 0. The number of fused-ring (bicyclic) bond motifs is 1. The Balaban J connectivity index is 1.61. The van der Waals surface area contributed by atoms with Crippen LogP contribution in [0.1, 0.15) is 19.3 Å². The number of benzene rings is 1. The van der Waals surface area contributed by atoms with Gasteiger partial charge in [0.1, 0.15) is 13.2 Å². The van der Waals surface area contributed by atoms with Crippen LogP contribution in [0.25, 0.3) is 0 Å². The zero-order valence-corrected chi connectivity index (χ0v) is 11.7. The van der Waals surface area contributed by atoms with E-state index in [1.807, 2.05) is 18.2 Å². The van der Waals surface area contributed by atoms with Gasteiger partial charge in [-0.3, -0.25) is 4.79 Å². The molecular weight excluding hydrogens is 256 g/mol. The summed E-state index contributed by atoms with van der Waals surface area (Å²) in [5.41, 5.74) is 0.764. The number of anilines is 1. The number of rotatable bonds is 3. The minimum atomic E-state index is 0.0560. The molecule has 2 aliphatic heterocycles. The molecular formula is C15H20N2O3. The van der Waals surface area contributed by atoms with E-state index >= 15 is 0 Å². The van der Waals surface area contributed by atoms with E-state index in [1.54, 1.807) is 0 Å². The minimum absolute atomic E-state index is 0.0560. The number of amides is 1. The maximum absolute atomic E-state index is 12.1. The molecule has 1 amide bonds. The van der Waals surface area contributed by atoms with Gasteiger partial charge in [-0.25, -0.2) is 0 Å². The predicted molar refractivity (Wildman–Crippen MR) is 76.3 cm³/mol. The van der Waals surface area contributed by atoms with E-state index in [1.165, 1.54) is 6.42 Å². The van der Waals surface area contributed by atoms with Crippen molar-refractivity contribution in [3.63, 3.8) is 0 Å². The van der Waals surface area contributed by atoms with Crippen LogP contribution in [0.2, 0.25) is 0 Å². The second kappa shape index (κ2) is 5.71. The number of likely N-dealkylation sites (tertiary alicyclic amines) is 1. The van der Waals surface area contributed by atoms with Crippen LogP contribution in [0, 0.1) is 0 Å². The molecule has 3 rings (SSSR count). The molecule has 0 spiro atoms. The fourth-order valence-electron chi connectivity index (χ4n) is 2.78. The van der Waals surface area contributed by atoms with Gasteiger partial charge in [0.15, 0.2) is 11.5 Å². The van der Waals surface area contributed by atoms with Crippen molar-refractivity contribution < 1.29 is 14.3 Å². The zero-order chi connectivity index (χ0) is 13.9. The Labute approximate surface area is 118 Å². The quantitative estimate of drug-likeness (QED) is 0.916. The highest BCUT2D eigenvalue weighted by Crippen LogP contribution is 2.32. The molecule has 1 saturated heterocycles. The Bertz CT molecular complexity index is 504. The van der Waals surface area contributed by atoms with Gasteiger partial charge in [0, 0.05) is 24.2 Å². The molecule has 5 heteroatoms. The van der Waals surface area contributed by atoms with Crippen molar-refractivity contribution in [2.24, 2.45) is 0 Å². The Kier molecular flexibility index (Phi) is 3.78. The van der Waals surface area contributed by atoms with Gasteiger partial charge < -0.3 is 19.7 Å². The molecule has 0 bridgehead atoms. The SMILES string of the molecule is CN1CCCC1CC(=O)Nc1ccc2c(c1)OCCO2. The predicted octanol–water partition coefficient (Wildman–Crippen LogP) is 1.88. The molecule has 1 aromatic rings. The Hall–Kier alpha value is -1.75. The minimum Gasteiger partial charge on any atom is -0.486 e. The van der Waals surface area contributed by atoms with E-state index in [0.29, 0.717) is 31.4 Å². The summed E-state index contributed by atoms with van der Waals surface area (Å²) < 4.78 is 11.0. The maximum Gasteiger partial charge on any atom is 0.225 e. The third-order valence-corrected chi connectivity index (χ3v) is 3.92. The van der Waals surface area contributed by atoms with Crippen molar-refractivity contribution in [3.8, 4) is 11.5 Å². The lowest BCUT2D eigenvalue weighted by Gasteiger charge is -2.20. The third kappa shape index (κ3) is 2.88. The molecule has 0 aliphatic carbocycles. The fourth-order valence-corrected chi connectivity index (χ4v) is 2.78. The van der Waals surface area contributed by atoms with E-state index in [4.69, 9.17) is 9.47 Å².